The van der Waals surface area contributed by atoms with Crippen LogP contribution in [0.1, 0.15) is 32.6 Å². The lowest BCUT2D eigenvalue weighted by atomic mass is 10.1. The van der Waals surface area contributed by atoms with Gasteiger partial charge in [0.15, 0.2) is 0 Å². The van der Waals surface area contributed by atoms with E-state index in [1.807, 2.05) is 0 Å². The van der Waals surface area contributed by atoms with Gasteiger partial charge in [0.05, 0.1) is 12.2 Å². The summed E-state index contributed by atoms with van der Waals surface area (Å²) < 4.78 is 5.41. The minimum absolute atomic E-state index is 0.0995. The molecule has 0 aliphatic carbocycles. The topological polar surface area (TPSA) is 29.5 Å². The minimum atomic E-state index is -0.215. The van der Waals surface area contributed by atoms with E-state index in [1.165, 1.54) is 0 Å². The summed E-state index contributed by atoms with van der Waals surface area (Å²) in [6.45, 7) is 2.88. The number of hydrogen-bond donors (Lipinski definition) is 1. The zero-order valence-electron chi connectivity index (χ0n) is 6.55. The van der Waals surface area contributed by atoms with Crippen LogP contribution in [-0.4, -0.2) is 23.9 Å². The fourth-order valence-corrected chi connectivity index (χ4v) is 1.38. The van der Waals surface area contributed by atoms with Gasteiger partial charge in [-0.25, -0.2) is 0 Å². The normalized spacial score (nSPS) is 35.4. The fraction of sp³-hybridized carbons (Fsp3) is 1.00. The number of aliphatic hydroxyl groups is 1. The third-order valence-corrected chi connectivity index (χ3v) is 2.06. The van der Waals surface area contributed by atoms with Crippen molar-refractivity contribution >= 4 is 0 Å². The van der Waals surface area contributed by atoms with Gasteiger partial charge in [0.1, 0.15) is 0 Å². The van der Waals surface area contributed by atoms with E-state index in [2.05, 4.69) is 6.92 Å². The van der Waals surface area contributed by atoms with Crippen molar-refractivity contribution < 1.29 is 9.84 Å². The first-order valence-electron chi connectivity index (χ1n) is 4.14. The molecule has 2 heteroatoms. The Morgan fingerprint density at radius 3 is 3.00 bits per heavy atom. The molecule has 0 saturated carbocycles. The molecule has 0 amide bonds. The third kappa shape index (κ3) is 1.96. The molecule has 1 aliphatic heterocycles. The number of hydrogen-bond acceptors (Lipinski definition) is 2. The third-order valence-electron chi connectivity index (χ3n) is 2.06. The summed E-state index contributed by atoms with van der Waals surface area (Å²) in [7, 11) is 0. The maximum Gasteiger partial charge on any atom is 0.0831 e. The number of aliphatic hydroxyl groups excluding tert-OH is 1. The Balaban J connectivity index is 2.35. The Labute approximate surface area is 62.2 Å². The molecule has 1 fully saturated rings. The molecule has 0 radical (unpaired) electrons. The van der Waals surface area contributed by atoms with Gasteiger partial charge in [-0.1, -0.05) is 6.92 Å². The predicted molar refractivity (Wildman–Crippen MR) is 39.9 cm³/mol. The predicted octanol–water partition coefficient (Wildman–Crippen LogP) is 1.33. The van der Waals surface area contributed by atoms with Gasteiger partial charge >= 0.3 is 0 Å². The van der Waals surface area contributed by atoms with Gasteiger partial charge in [0, 0.05) is 6.61 Å². The van der Waals surface area contributed by atoms with Crippen LogP contribution in [0.2, 0.25) is 0 Å². The van der Waals surface area contributed by atoms with Crippen LogP contribution >= 0.6 is 0 Å². The maximum atomic E-state index is 9.42. The molecule has 1 aliphatic rings. The first kappa shape index (κ1) is 8.02. The minimum Gasteiger partial charge on any atom is -0.390 e. The maximum absolute atomic E-state index is 9.42. The van der Waals surface area contributed by atoms with E-state index in [1.54, 1.807) is 0 Å². The molecule has 2 atom stereocenters. The molecule has 10 heavy (non-hydrogen) atoms. The molecule has 1 saturated heterocycles. The highest BCUT2D eigenvalue weighted by Gasteiger charge is 2.19. The van der Waals surface area contributed by atoms with Gasteiger partial charge in [-0.05, 0) is 25.7 Å². The smallest absolute Gasteiger partial charge is 0.0831 e. The molecule has 0 bridgehead atoms. The van der Waals surface area contributed by atoms with E-state index in [-0.39, 0.29) is 12.2 Å². The standard InChI is InChI=1S/C8H16O2/c1-2-8-7(9)5-3-4-6-10-8/h7-9H,2-6H2,1H3/t7-,8-/m0/s1. The molecule has 1 heterocycles. The van der Waals surface area contributed by atoms with Crippen molar-refractivity contribution in [2.75, 3.05) is 6.61 Å². The van der Waals surface area contributed by atoms with Crippen LogP contribution in [0.25, 0.3) is 0 Å². The largest absolute Gasteiger partial charge is 0.390 e. The van der Waals surface area contributed by atoms with Crippen molar-refractivity contribution in [2.24, 2.45) is 0 Å². The van der Waals surface area contributed by atoms with Crippen molar-refractivity contribution in [3.63, 3.8) is 0 Å². The zero-order chi connectivity index (χ0) is 7.40. The summed E-state index contributed by atoms with van der Waals surface area (Å²) in [6, 6.07) is 0. The summed E-state index contributed by atoms with van der Waals surface area (Å²) in [4.78, 5) is 0. The summed E-state index contributed by atoms with van der Waals surface area (Å²) in [6.07, 6.45) is 3.94. The quantitative estimate of drug-likeness (QED) is 0.601. The summed E-state index contributed by atoms with van der Waals surface area (Å²) in [5, 5.41) is 9.42. The first-order valence-corrected chi connectivity index (χ1v) is 4.14. The Morgan fingerprint density at radius 1 is 1.50 bits per heavy atom. The molecule has 1 rings (SSSR count). The highest BCUT2D eigenvalue weighted by Crippen LogP contribution is 2.15. The van der Waals surface area contributed by atoms with Crippen LogP contribution in [-0.2, 0) is 4.74 Å². The van der Waals surface area contributed by atoms with Gasteiger partial charge in [-0.15, -0.1) is 0 Å². The lowest BCUT2D eigenvalue weighted by molar-refractivity contribution is -0.0266. The molecule has 0 aromatic heterocycles. The molecule has 2 nitrogen and oxygen atoms in total. The van der Waals surface area contributed by atoms with E-state index in [0.29, 0.717) is 0 Å². The lowest BCUT2D eigenvalue weighted by Crippen LogP contribution is -2.26. The molecule has 1 N–H and O–H groups in total. The Hall–Kier alpha value is -0.0800. The molecule has 0 aromatic carbocycles. The van der Waals surface area contributed by atoms with Crippen molar-refractivity contribution in [1.82, 2.24) is 0 Å². The number of ether oxygens (including phenoxy) is 1. The van der Waals surface area contributed by atoms with Gasteiger partial charge in [0.2, 0.25) is 0 Å². The highest BCUT2D eigenvalue weighted by molar-refractivity contribution is 4.70. The molecular weight excluding hydrogens is 128 g/mol. The zero-order valence-corrected chi connectivity index (χ0v) is 6.55. The second-order valence-electron chi connectivity index (χ2n) is 2.88. The second kappa shape index (κ2) is 3.94. The summed E-state index contributed by atoms with van der Waals surface area (Å²) in [5.41, 5.74) is 0. The Bertz CT molecular complexity index is 93.3. The van der Waals surface area contributed by atoms with Crippen LogP contribution in [0, 0.1) is 0 Å². The Kier molecular flexibility index (Phi) is 3.16. The average Bonchev–Trinajstić information content (AvgIpc) is 2.13. The molecular formula is C8H16O2. The monoisotopic (exact) mass is 144 g/mol. The van der Waals surface area contributed by atoms with E-state index in [9.17, 15) is 5.11 Å². The Morgan fingerprint density at radius 2 is 2.30 bits per heavy atom. The van der Waals surface area contributed by atoms with E-state index in [4.69, 9.17) is 4.74 Å². The molecule has 0 aromatic rings. The highest BCUT2D eigenvalue weighted by atomic mass is 16.5. The van der Waals surface area contributed by atoms with Gasteiger partial charge in [-0.2, -0.15) is 0 Å². The first-order chi connectivity index (χ1) is 4.84. The molecule has 60 valence electrons. The van der Waals surface area contributed by atoms with Gasteiger partial charge in [0.25, 0.3) is 0 Å². The van der Waals surface area contributed by atoms with E-state index < -0.39 is 0 Å². The van der Waals surface area contributed by atoms with Crippen molar-refractivity contribution in [2.45, 2.75) is 44.8 Å². The van der Waals surface area contributed by atoms with Crippen molar-refractivity contribution in [1.29, 1.82) is 0 Å². The molecule has 0 unspecified atom stereocenters. The van der Waals surface area contributed by atoms with Crippen molar-refractivity contribution in [3.8, 4) is 0 Å². The lowest BCUT2D eigenvalue weighted by Gasteiger charge is -2.17. The average molecular weight is 144 g/mol. The van der Waals surface area contributed by atoms with Crippen LogP contribution < -0.4 is 0 Å². The van der Waals surface area contributed by atoms with Crippen LogP contribution in [0.4, 0.5) is 0 Å². The second-order valence-corrected chi connectivity index (χ2v) is 2.88. The van der Waals surface area contributed by atoms with Gasteiger partial charge < -0.3 is 9.84 Å². The molecule has 0 spiro atoms. The fourth-order valence-electron chi connectivity index (χ4n) is 1.38. The van der Waals surface area contributed by atoms with Crippen LogP contribution in [0.5, 0.6) is 0 Å². The summed E-state index contributed by atoms with van der Waals surface area (Å²) in [5.74, 6) is 0. The summed E-state index contributed by atoms with van der Waals surface area (Å²) >= 11 is 0. The van der Waals surface area contributed by atoms with E-state index >= 15 is 0 Å². The number of rotatable bonds is 1. The van der Waals surface area contributed by atoms with Crippen LogP contribution in [0.3, 0.4) is 0 Å². The van der Waals surface area contributed by atoms with E-state index in [0.717, 1.165) is 32.3 Å². The van der Waals surface area contributed by atoms with Gasteiger partial charge in [-0.3, -0.25) is 0 Å². The van der Waals surface area contributed by atoms with Crippen molar-refractivity contribution in [3.05, 3.63) is 0 Å². The van der Waals surface area contributed by atoms with Crippen LogP contribution in [0.15, 0.2) is 0 Å². The SMILES string of the molecule is CC[C@@H]1OCCCC[C@@H]1O.